The average molecular weight is 221 g/mol. The second-order valence-electron chi connectivity index (χ2n) is 3.84. The number of benzene rings is 1. The number of hydrogen-bond acceptors (Lipinski definition) is 1. The topological polar surface area (TPSA) is 17.8 Å². The Morgan fingerprint density at radius 3 is 2.67 bits per heavy atom. The summed E-state index contributed by atoms with van der Waals surface area (Å²) in [5.74, 6) is 0.499. The minimum Gasteiger partial charge on any atom is -0.305 e. The molecule has 78 valence electrons. The zero-order chi connectivity index (χ0) is 10.8. The summed E-state index contributed by atoms with van der Waals surface area (Å²) in [5.41, 5.74) is 2.22. The molecule has 1 heterocycles. The summed E-state index contributed by atoms with van der Waals surface area (Å²) in [7, 11) is 0. The van der Waals surface area contributed by atoms with E-state index in [0.29, 0.717) is 5.92 Å². The first-order valence-electron chi connectivity index (χ1n) is 4.96. The molecule has 0 aliphatic heterocycles. The van der Waals surface area contributed by atoms with Gasteiger partial charge < -0.3 is 4.57 Å². The Bertz CT molecular complexity index is 447. The van der Waals surface area contributed by atoms with Crippen LogP contribution in [0, 0.1) is 0 Å². The summed E-state index contributed by atoms with van der Waals surface area (Å²) in [6, 6.07) is 6.15. The van der Waals surface area contributed by atoms with Crippen molar-refractivity contribution >= 4 is 11.6 Å². The summed E-state index contributed by atoms with van der Waals surface area (Å²) in [5, 5.41) is 0.763. The lowest BCUT2D eigenvalue weighted by Gasteiger charge is -2.09. The van der Waals surface area contributed by atoms with Crippen LogP contribution in [0.3, 0.4) is 0 Å². The van der Waals surface area contributed by atoms with Gasteiger partial charge in [0.2, 0.25) is 0 Å². The number of hydrogen-bond donors (Lipinski definition) is 0. The summed E-state index contributed by atoms with van der Waals surface area (Å²) in [4.78, 5) is 4.00. The molecule has 0 fully saturated rings. The first-order valence-corrected chi connectivity index (χ1v) is 5.34. The van der Waals surface area contributed by atoms with Gasteiger partial charge >= 0.3 is 0 Å². The molecule has 0 bridgehead atoms. The predicted molar refractivity (Wildman–Crippen MR) is 62.7 cm³/mol. The van der Waals surface area contributed by atoms with Gasteiger partial charge in [-0.2, -0.15) is 0 Å². The highest BCUT2D eigenvalue weighted by molar-refractivity contribution is 6.32. The molecule has 2 nitrogen and oxygen atoms in total. The molecule has 0 unspecified atom stereocenters. The van der Waals surface area contributed by atoms with E-state index in [4.69, 9.17) is 11.6 Å². The van der Waals surface area contributed by atoms with E-state index in [9.17, 15) is 0 Å². The van der Waals surface area contributed by atoms with Crippen molar-refractivity contribution in [3.63, 3.8) is 0 Å². The lowest BCUT2D eigenvalue weighted by molar-refractivity contribution is 0.865. The lowest BCUT2D eigenvalue weighted by atomic mass is 10.0. The van der Waals surface area contributed by atoms with Crippen molar-refractivity contribution in [1.82, 2.24) is 9.55 Å². The molecular weight excluding hydrogens is 208 g/mol. The van der Waals surface area contributed by atoms with Crippen molar-refractivity contribution in [1.29, 1.82) is 0 Å². The molecule has 0 amide bonds. The van der Waals surface area contributed by atoms with Gasteiger partial charge in [-0.3, -0.25) is 0 Å². The normalized spacial score (nSPS) is 10.9. The van der Waals surface area contributed by atoms with Crippen LogP contribution in [0.1, 0.15) is 25.3 Å². The van der Waals surface area contributed by atoms with Gasteiger partial charge in [0.05, 0.1) is 17.0 Å². The predicted octanol–water partition coefficient (Wildman–Crippen LogP) is 3.65. The molecule has 0 aliphatic rings. The molecule has 1 aromatic heterocycles. The SMILES string of the molecule is CC(C)c1ccc(-n2ccnc2)c(Cl)c1. The average Bonchev–Trinajstić information content (AvgIpc) is 2.70. The zero-order valence-corrected chi connectivity index (χ0v) is 9.57. The number of imidazole rings is 1. The maximum Gasteiger partial charge on any atom is 0.0992 e. The van der Waals surface area contributed by atoms with Crippen molar-refractivity contribution in [3.05, 3.63) is 47.5 Å². The lowest BCUT2D eigenvalue weighted by Crippen LogP contribution is -1.94. The molecule has 15 heavy (non-hydrogen) atoms. The Balaban J connectivity index is 2.44. The molecule has 1 aromatic carbocycles. The van der Waals surface area contributed by atoms with E-state index in [0.717, 1.165) is 10.7 Å². The van der Waals surface area contributed by atoms with Crippen LogP contribution in [-0.4, -0.2) is 9.55 Å². The Morgan fingerprint density at radius 1 is 1.33 bits per heavy atom. The fourth-order valence-corrected chi connectivity index (χ4v) is 1.78. The van der Waals surface area contributed by atoms with E-state index in [1.807, 2.05) is 22.9 Å². The third kappa shape index (κ3) is 2.05. The molecule has 2 rings (SSSR count). The number of halogens is 1. The van der Waals surface area contributed by atoms with Crippen LogP contribution < -0.4 is 0 Å². The Morgan fingerprint density at radius 2 is 2.13 bits per heavy atom. The van der Waals surface area contributed by atoms with Gasteiger partial charge in [0.15, 0.2) is 0 Å². The standard InChI is InChI=1S/C12H13ClN2/c1-9(2)10-3-4-12(11(13)7-10)15-6-5-14-8-15/h3-9H,1-2H3. The maximum atomic E-state index is 6.22. The Labute approximate surface area is 94.5 Å². The molecule has 0 aliphatic carbocycles. The number of nitrogens with zero attached hydrogens (tertiary/aromatic N) is 2. The highest BCUT2D eigenvalue weighted by Crippen LogP contribution is 2.25. The summed E-state index contributed by atoms with van der Waals surface area (Å²) in [6.45, 7) is 4.31. The van der Waals surface area contributed by atoms with Crippen molar-refractivity contribution in [2.45, 2.75) is 19.8 Å². The third-order valence-electron chi connectivity index (χ3n) is 2.42. The molecule has 0 atom stereocenters. The van der Waals surface area contributed by atoms with Crippen molar-refractivity contribution in [3.8, 4) is 5.69 Å². The van der Waals surface area contributed by atoms with Gasteiger partial charge in [-0.15, -0.1) is 0 Å². The van der Waals surface area contributed by atoms with E-state index < -0.39 is 0 Å². The minimum atomic E-state index is 0.499. The molecule has 0 N–H and O–H groups in total. The third-order valence-corrected chi connectivity index (χ3v) is 2.72. The molecular formula is C12H13ClN2. The van der Waals surface area contributed by atoms with Gasteiger partial charge in [0.25, 0.3) is 0 Å². The molecule has 0 spiro atoms. The van der Waals surface area contributed by atoms with Crippen LogP contribution in [0.15, 0.2) is 36.9 Å². The molecule has 3 heteroatoms. The van der Waals surface area contributed by atoms with E-state index in [1.54, 1.807) is 12.5 Å². The molecule has 2 aromatic rings. The molecule has 0 saturated carbocycles. The molecule has 0 saturated heterocycles. The van der Waals surface area contributed by atoms with E-state index in [-0.39, 0.29) is 0 Å². The van der Waals surface area contributed by atoms with Crippen LogP contribution in [0.2, 0.25) is 5.02 Å². The zero-order valence-electron chi connectivity index (χ0n) is 8.81. The summed E-state index contributed by atoms with van der Waals surface area (Å²) >= 11 is 6.22. The minimum absolute atomic E-state index is 0.499. The Hall–Kier alpha value is -1.28. The van der Waals surface area contributed by atoms with Gasteiger partial charge in [0, 0.05) is 12.4 Å². The number of rotatable bonds is 2. The first kappa shape index (κ1) is 10.2. The van der Waals surface area contributed by atoms with Crippen molar-refractivity contribution in [2.24, 2.45) is 0 Å². The van der Waals surface area contributed by atoms with Gasteiger partial charge in [-0.1, -0.05) is 31.5 Å². The fourth-order valence-electron chi connectivity index (χ4n) is 1.49. The second kappa shape index (κ2) is 4.07. The second-order valence-corrected chi connectivity index (χ2v) is 4.24. The highest BCUT2D eigenvalue weighted by atomic mass is 35.5. The van der Waals surface area contributed by atoms with Crippen LogP contribution in [0.4, 0.5) is 0 Å². The maximum absolute atomic E-state index is 6.22. The fraction of sp³-hybridized carbons (Fsp3) is 0.250. The van der Waals surface area contributed by atoms with Gasteiger partial charge in [-0.05, 0) is 23.6 Å². The first-order chi connectivity index (χ1) is 7.18. The summed E-state index contributed by atoms with van der Waals surface area (Å²) < 4.78 is 1.91. The quantitative estimate of drug-likeness (QED) is 0.756. The summed E-state index contributed by atoms with van der Waals surface area (Å²) in [6.07, 6.45) is 5.37. The largest absolute Gasteiger partial charge is 0.305 e. The smallest absolute Gasteiger partial charge is 0.0992 e. The van der Waals surface area contributed by atoms with Gasteiger partial charge in [0.1, 0.15) is 0 Å². The van der Waals surface area contributed by atoms with Crippen LogP contribution >= 0.6 is 11.6 Å². The molecule has 0 radical (unpaired) electrons. The van der Waals surface area contributed by atoms with E-state index in [2.05, 4.69) is 24.9 Å². The highest BCUT2D eigenvalue weighted by Gasteiger charge is 2.05. The number of aromatic nitrogens is 2. The monoisotopic (exact) mass is 220 g/mol. The van der Waals surface area contributed by atoms with Gasteiger partial charge in [-0.25, -0.2) is 4.98 Å². The van der Waals surface area contributed by atoms with Crippen LogP contribution in [0.25, 0.3) is 5.69 Å². The van der Waals surface area contributed by atoms with Crippen LogP contribution in [0.5, 0.6) is 0 Å². The van der Waals surface area contributed by atoms with Crippen molar-refractivity contribution in [2.75, 3.05) is 0 Å². The van der Waals surface area contributed by atoms with E-state index >= 15 is 0 Å². The van der Waals surface area contributed by atoms with Crippen molar-refractivity contribution < 1.29 is 0 Å². The van der Waals surface area contributed by atoms with E-state index in [1.165, 1.54) is 5.56 Å². The van der Waals surface area contributed by atoms with Crippen LogP contribution in [-0.2, 0) is 0 Å². The Kier molecular flexibility index (Phi) is 2.78.